The highest BCUT2D eigenvalue weighted by Gasteiger charge is 2.13. The molecule has 1 heterocycles. The van der Waals surface area contributed by atoms with E-state index in [0.717, 1.165) is 63.7 Å². The molecule has 0 radical (unpaired) electrons. The van der Waals surface area contributed by atoms with Gasteiger partial charge in [0.2, 0.25) is 0 Å². The Morgan fingerprint density at radius 3 is 2.47 bits per heavy atom. The molecule has 170 valence electrons. The molecule has 7 heteroatoms. The predicted octanol–water partition coefficient (Wildman–Crippen LogP) is 7.39. The molecule has 1 unspecified atom stereocenters. The molecule has 0 saturated carbocycles. The Balaban J connectivity index is 1.85. The molecule has 2 aromatic carbocycles. The Bertz CT molecular complexity index is 1070. The minimum Gasteiger partial charge on any atom is -0.367 e. The highest BCUT2D eigenvalue weighted by Crippen LogP contribution is 2.31. The lowest BCUT2D eigenvalue weighted by atomic mass is 10.1. The van der Waals surface area contributed by atoms with Crippen LogP contribution < -0.4 is 5.32 Å². The number of benzene rings is 2. The van der Waals surface area contributed by atoms with Crippen LogP contribution in [0.25, 0.3) is 23.1 Å². The molecule has 0 spiro atoms. The van der Waals surface area contributed by atoms with Crippen LogP contribution >= 0.6 is 31.9 Å². The first-order chi connectivity index (χ1) is 15.4. The zero-order valence-corrected chi connectivity index (χ0v) is 21.9. The first-order valence-corrected chi connectivity index (χ1v) is 12.6. The average Bonchev–Trinajstić information content (AvgIpc) is 2.77. The molecule has 0 bridgehead atoms. The topological polar surface area (TPSA) is 41.0 Å². The third-order valence-corrected chi connectivity index (χ3v) is 6.48. The van der Waals surface area contributed by atoms with E-state index in [9.17, 15) is 4.39 Å². The van der Waals surface area contributed by atoms with E-state index in [4.69, 9.17) is 9.97 Å². The molecule has 0 fully saturated rings. The fourth-order valence-electron chi connectivity index (χ4n) is 3.57. The number of aromatic nitrogens is 2. The van der Waals surface area contributed by atoms with Gasteiger partial charge in [-0.2, -0.15) is 0 Å². The van der Waals surface area contributed by atoms with Crippen LogP contribution in [0.2, 0.25) is 0 Å². The maximum absolute atomic E-state index is 13.2. The normalized spacial score (nSPS) is 12.7. The van der Waals surface area contributed by atoms with E-state index < -0.39 is 0 Å². The van der Waals surface area contributed by atoms with Crippen LogP contribution in [0.4, 0.5) is 10.2 Å². The highest BCUT2D eigenvalue weighted by atomic mass is 79.9. The quantitative estimate of drug-likeness (QED) is 0.279. The van der Waals surface area contributed by atoms with E-state index in [1.807, 2.05) is 24.3 Å². The van der Waals surface area contributed by atoms with Crippen molar-refractivity contribution in [2.75, 3.05) is 25.0 Å². The smallest absolute Gasteiger partial charge is 0.155 e. The average molecular weight is 564 g/mol. The van der Waals surface area contributed by atoms with Crippen LogP contribution in [0, 0.1) is 5.82 Å². The molecule has 0 aliphatic carbocycles. The second-order valence-electron chi connectivity index (χ2n) is 7.81. The molecule has 4 nitrogen and oxygen atoms in total. The van der Waals surface area contributed by atoms with Crippen molar-refractivity contribution in [2.24, 2.45) is 0 Å². The zero-order valence-electron chi connectivity index (χ0n) is 18.7. The van der Waals surface area contributed by atoms with E-state index in [1.165, 1.54) is 12.1 Å². The van der Waals surface area contributed by atoms with Gasteiger partial charge in [-0.1, -0.05) is 48.0 Å². The zero-order chi connectivity index (χ0) is 23.1. The highest BCUT2D eigenvalue weighted by molar-refractivity contribution is 9.11. The van der Waals surface area contributed by atoms with E-state index in [2.05, 4.69) is 62.8 Å². The van der Waals surface area contributed by atoms with Gasteiger partial charge in [0.05, 0.1) is 5.52 Å². The van der Waals surface area contributed by atoms with Gasteiger partial charge in [-0.25, -0.2) is 14.4 Å². The lowest BCUT2D eigenvalue weighted by Crippen LogP contribution is -2.25. The summed E-state index contributed by atoms with van der Waals surface area (Å²) >= 11 is 7.22. The van der Waals surface area contributed by atoms with Gasteiger partial charge in [-0.3, -0.25) is 0 Å². The maximum atomic E-state index is 13.2. The van der Waals surface area contributed by atoms with Gasteiger partial charge in [-0.05, 0) is 91.2 Å². The molecule has 1 aromatic heterocycles. The molecular formula is C25H29Br2FN4. The second-order valence-corrected chi connectivity index (χ2v) is 9.58. The van der Waals surface area contributed by atoms with E-state index >= 15 is 0 Å². The molecule has 0 aliphatic heterocycles. The minimum atomic E-state index is -0.250. The van der Waals surface area contributed by atoms with Gasteiger partial charge in [0.25, 0.3) is 0 Å². The van der Waals surface area contributed by atoms with Crippen LogP contribution in [0.5, 0.6) is 0 Å². The van der Waals surface area contributed by atoms with Crippen molar-refractivity contribution >= 4 is 60.7 Å². The van der Waals surface area contributed by atoms with Gasteiger partial charge >= 0.3 is 0 Å². The monoisotopic (exact) mass is 562 g/mol. The summed E-state index contributed by atoms with van der Waals surface area (Å²) in [5.74, 6) is 1.16. The fraction of sp³-hybridized carbons (Fsp3) is 0.360. The molecule has 1 N–H and O–H groups in total. The van der Waals surface area contributed by atoms with Gasteiger partial charge < -0.3 is 10.2 Å². The van der Waals surface area contributed by atoms with Crippen molar-refractivity contribution in [1.82, 2.24) is 14.9 Å². The molecule has 32 heavy (non-hydrogen) atoms. The standard InChI is InChI=1S/C25H29Br2FN4/c1-4-32(5-2)14-6-7-17(3)29-25-21-15-19(26)16-22(27)24(21)30-23(31-25)13-10-18-8-11-20(28)12-9-18/h8-13,15-17H,4-7,14H2,1-3H3,(H,29,30,31). The third-order valence-electron chi connectivity index (χ3n) is 5.42. The van der Waals surface area contributed by atoms with Gasteiger partial charge in [0.15, 0.2) is 5.82 Å². The number of fused-ring (bicyclic) bond motifs is 1. The largest absolute Gasteiger partial charge is 0.367 e. The van der Waals surface area contributed by atoms with Crippen LogP contribution in [-0.4, -0.2) is 40.5 Å². The Morgan fingerprint density at radius 1 is 1.06 bits per heavy atom. The number of anilines is 1. The Labute approximate surface area is 206 Å². The van der Waals surface area contributed by atoms with Crippen molar-refractivity contribution in [3.8, 4) is 0 Å². The Hall–Kier alpha value is -1.83. The SMILES string of the molecule is CCN(CC)CCCC(C)Nc1nc(C=Cc2ccc(F)cc2)nc2c(Br)cc(Br)cc12. The maximum Gasteiger partial charge on any atom is 0.155 e. The van der Waals surface area contributed by atoms with Gasteiger partial charge in [0, 0.05) is 20.4 Å². The summed E-state index contributed by atoms with van der Waals surface area (Å²) < 4.78 is 15.0. The number of hydrogen-bond donors (Lipinski definition) is 1. The number of halogens is 3. The van der Waals surface area contributed by atoms with E-state index in [1.54, 1.807) is 12.1 Å². The van der Waals surface area contributed by atoms with Crippen molar-refractivity contribution < 1.29 is 4.39 Å². The Kier molecular flexibility index (Phi) is 9.20. The molecule has 0 amide bonds. The number of rotatable bonds is 10. The minimum absolute atomic E-state index is 0.250. The van der Waals surface area contributed by atoms with Crippen LogP contribution in [-0.2, 0) is 0 Å². The summed E-state index contributed by atoms with van der Waals surface area (Å²) in [5.41, 5.74) is 1.74. The molecule has 1 atom stereocenters. The summed E-state index contributed by atoms with van der Waals surface area (Å²) in [6.07, 6.45) is 5.93. The number of hydrogen-bond acceptors (Lipinski definition) is 4. The van der Waals surface area contributed by atoms with Crippen LogP contribution in [0.1, 0.15) is 45.0 Å². The first-order valence-electron chi connectivity index (χ1n) is 11.0. The summed E-state index contributed by atoms with van der Waals surface area (Å²) in [4.78, 5) is 12.0. The summed E-state index contributed by atoms with van der Waals surface area (Å²) in [7, 11) is 0. The van der Waals surface area contributed by atoms with Crippen molar-refractivity contribution in [3.05, 3.63) is 62.5 Å². The van der Waals surface area contributed by atoms with E-state index in [0.29, 0.717) is 5.82 Å². The van der Waals surface area contributed by atoms with E-state index in [-0.39, 0.29) is 11.9 Å². The molecule has 0 saturated heterocycles. The summed E-state index contributed by atoms with van der Waals surface area (Å²) in [6, 6.07) is 10.7. The van der Waals surface area contributed by atoms with Crippen molar-refractivity contribution in [2.45, 2.75) is 39.7 Å². The number of nitrogens with zero attached hydrogens (tertiary/aromatic N) is 3. The molecule has 0 aliphatic rings. The van der Waals surface area contributed by atoms with Crippen molar-refractivity contribution in [3.63, 3.8) is 0 Å². The third kappa shape index (κ3) is 6.83. The second kappa shape index (κ2) is 11.9. The summed E-state index contributed by atoms with van der Waals surface area (Å²) in [5, 5.41) is 4.56. The molecule has 3 aromatic rings. The fourth-order valence-corrected chi connectivity index (χ4v) is 4.88. The van der Waals surface area contributed by atoms with Crippen LogP contribution in [0.3, 0.4) is 0 Å². The number of nitrogens with one attached hydrogen (secondary N) is 1. The van der Waals surface area contributed by atoms with Gasteiger partial charge in [-0.15, -0.1) is 0 Å². The Morgan fingerprint density at radius 2 is 1.78 bits per heavy atom. The molecule has 3 rings (SSSR count). The van der Waals surface area contributed by atoms with Gasteiger partial charge in [0.1, 0.15) is 11.6 Å². The van der Waals surface area contributed by atoms with Crippen LogP contribution in [0.15, 0.2) is 45.3 Å². The lowest BCUT2D eigenvalue weighted by Gasteiger charge is -2.20. The predicted molar refractivity (Wildman–Crippen MR) is 140 cm³/mol. The molecular weight excluding hydrogens is 535 g/mol. The van der Waals surface area contributed by atoms with Crippen molar-refractivity contribution in [1.29, 1.82) is 0 Å². The first kappa shape index (κ1) is 24.8. The lowest BCUT2D eigenvalue weighted by molar-refractivity contribution is 0.295. The summed E-state index contributed by atoms with van der Waals surface area (Å²) in [6.45, 7) is 9.87.